The maximum absolute atomic E-state index is 5.73. The van der Waals surface area contributed by atoms with Gasteiger partial charge in [0.15, 0.2) is 0 Å². The van der Waals surface area contributed by atoms with Crippen molar-refractivity contribution in [3.63, 3.8) is 0 Å². The lowest BCUT2D eigenvalue weighted by atomic mass is 9.94. The van der Waals surface area contributed by atoms with Crippen LogP contribution in [0.5, 0.6) is 0 Å². The minimum absolute atomic E-state index is 0.433. The Hall–Kier alpha value is -0.830. The van der Waals surface area contributed by atoms with Crippen LogP contribution in [0.15, 0.2) is 12.4 Å². The molecule has 0 aromatic carbocycles. The van der Waals surface area contributed by atoms with Gasteiger partial charge >= 0.3 is 0 Å². The van der Waals surface area contributed by atoms with Crippen molar-refractivity contribution in [1.82, 2.24) is 9.97 Å². The van der Waals surface area contributed by atoms with Gasteiger partial charge in [0.2, 0.25) is 0 Å². The number of nitrogens with zero attached hydrogens (tertiary/aromatic N) is 3. The van der Waals surface area contributed by atoms with Gasteiger partial charge in [-0.05, 0) is 19.8 Å². The van der Waals surface area contributed by atoms with Gasteiger partial charge in [-0.15, -0.1) is 11.6 Å². The molecule has 0 N–H and O–H groups in total. The lowest BCUT2D eigenvalue weighted by molar-refractivity contribution is 0.416. The number of rotatable bonds is 4. The van der Waals surface area contributed by atoms with Crippen molar-refractivity contribution in [3.8, 4) is 0 Å². The van der Waals surface area contributed by atoms with Crippen LogP contribution in [-0.4, -0.2) is 22.6 Å². The number of hydrogen-bond acceptors (Lipinski definition) is 3. The van der Waals surface area contributed by atoms with Crippen molar-refractivity contribution in [3.05, 3.63) is 18.1 Å². The highest BCUT2D eigenvalue weighted by Crippen LogP contribution is 2.25. The predicted octanol–water partition coefficient (Wildman–Crippen LogP) is 3.37. The molecule has 1 aromatic rings. The molecule has 0 unspecified atom stereocenters. The zero-order chi connectivity index (χ0) is 12.1. The third-order valence-electron chi connectivity index (χ3n) is 3.48. The van der Waals surface area contributed by atoms with Gasteiger partial charge in [0, 0.05) is 12.6 Å². The highest BCUT2D eigenvalue weighted by atomic mass is 35.5. The van der Waals surface area contributed by atoms with E-state index >= 15 is 0 Å². The second-order valence-corrected chi connectivity index (χ2v) is 4.84. The summed E-state index contributed by atoms with van der Waals surface area (Å²) in [6.45, 7) is 3.19. The molecule has 1 aliphatic carbocycles. The Bertz CT molecular complexity index is 333. The first-order chi connectivity index (χ1) is 8.35. The van der Waals surface area contributed by atoms with Crippen LogP contribution in [0, 0.1) is 0 Å². The maximum Gasteiger partial charge on any atom is 0.147 e. The van der Waals surface area contributed by atoms with Crippen molar-refractivity contribution in [2.45, 2.75) is 50.9 Å². The van der Waals surface area contributed by atoms with Crippen molar-refractivity contribution in [2.24, 2.45) is 0 Å². The molecule has 1 aliphatic rings. The summed E-state index contributed by atoms with van der Waals surface area (Å²) in [5.41, 5.74) is 0.843. The van der Waals surface area contributed by atoms with Gasteiger partial charge < -0.3 is 4.90 Å². The summed E-state index contributed by atoms with van der Waals surface area (Å²) in [6.07, 6.45) is 10.3. The summed E-state index contributed by atoms with van der Waals surface area (Å²) in [4.78, 5) is 11.2. The molecule has 1 fully saturated rings. The first kappa shape index (κ1) is 12.6. The number of aromatic nitrogens is 2. The van der Waals surface area contributed by atoms with Gasteiger partial charge in [0.1, 0.15) is 5.82 Å². The van der Waals surface area contributed by atoms with E-state index in [9.17, 15) is 0 Å². The maximum atomic E-state index is 5.73. The summed E-state index contributed by atoms with van der Waals surface area (Å²) in [5.74, 6) is 1.43. The number of anilines is 1. The average Bonchev–Trinajstić information content (AvgIpc) is 2.42. The highest BCUT2D eigenvalue weighted by molar-refractivity contribution is 6.16. The van der Waals surface area contributed by atoms with Crippen molar-refractivity contribution < 1.29 is 0 Å². The van der Waals surface area contributed by atoms with E-state index < -0.39 is 0 Å². The SMILES string of the molecule is CCN(c1cnc(CCl)cn1)C1CCCCC1. The smallest absolute Gasteiger partial charge is 0.147 e. The van der Waals surface area contributed by atoms with Gasteiger partial charge in [0.05, 0.1) is 24.0 Å². The van der Waals surface area contributed by atoms with Gasteiger partial charge in [-0.2, -0.15) is 0 Å². The lowest BCUT2D eigenvalue weighted by Crippen LogP contribution is -2.37. The molecule has 0 atom stereocenters. The molecule has 1 aromatic heterocycles. The molecule has 0 amide bonds. The normalized spacial score (nSPS) is 17.1. The van der Waals surface area contributed by atoms with Crippen LogP contribution in [0.4, 0.5) is 5.82 Å². The third-order valence-corrected chi connectivity index (χ3v) is 3.75. The number of alkyl halides is 1. The Balaban J connectivity index is 2.10. The van der Waals surface area contributed by atoms with Crippen LogP contribution in [-0.2, 0) is 5.88 Å². The second-order valence-electron chi connectivity index (χ2n) is 4.58. The quantitative estimate of drug-likeness (QED) is 0.771. The van der Waals surface area contributed by atoms with E-state index in [2.05, 4.69) is 21.8 Å². The fourth-order valence-corrected chi connectivity index (χ4v) is 2.70. The highest BCUT2D eigenvalue weighted by Gasteiger charge is 2.21. The summed E-state index contributed by atoms with van der Waals surface area (Å²) >= 11 is 5.73. The second kappa shape index (κ2) is 6.20. The Labute approximate surface area is 108 Å². The van der Waals surface area contributed by atoms with E-state index in [0.717, 1.165) is 18.1 Å². The van der Waals surface area contributed by atoms with Gasteiger partial charge in [0.25, 0.3) is 0 Å². The number of halogens is 1. The average molecular weight is 254 g/mol. The molecule has 1 heterocycles. The first-order valence-corrected chi connectivity index (χ1v) is 7.02. The van der Waals surface area contributed by atoms with Crippen LogP contribution in [0.2, 0.25) is 0 Å². The predicted molar refractivity (Wildman–Crippen MR) is 71.5 cm³/mol. The molecule has 0 aliphatic heterocycles. The van der Waals surface area contributed by atoms with Gasteiger partial charge in [-0.3, -0.25) is 4.98 Å². The molecule has 2 rings (SSSR count). The van der Waals surface area contributed by atoms with E-state index in [4.69, 9.17) is 11.6 Å². The summed E-state index contributed by atoms with van der Waals surface area (Å²) in [6, 6.07) is 0.643. The zero-order valence-corrected chi connectivity index (χ0v) is 11.2. The minimum Gasteiger partial charge on any atom is -0.353 e. The van der Waals surface area contributed by atoms with Gasteiger partial charge in [-0.25, -0.2) is 4.98 Å². The summed E-state index contributed by atoms with van der Waals surface area (Å²) < 4.78 is 0. The van der Waals surface area contributed by atoms with E-state index in [1.165, 1.54) is 32.1 Å². The van der Waals surface area contributed by atoms with Crippen molar-refractivity contribution in [1.29, 1.82) is 0 Å². The standard InChI is InChI=1S/C13H20ClN3/c1-2-17(12-6-4-3-5-7-12)13-10-15-11(8-14)9-16-13/h9-10,12H,2-8H2,1H3. The van der Waals surface area contributed by atoms with Crippen molar-refractivity contribution >= 4 is 17.4 Å². The van der Waals surface area contributed by atoms with Crippen LogP contribution >= 0.6 is 11.6 Å². The topological polar surface area (TPSA) is 29.0 Å². The fraction of sp³-hybridized carbons (Fsp3) is 0.692. The van der Waals surface area contributed by atoms with Gasteiger partial charge in [-0.1, -0.05) is 19.3 Å². The Morgan fingerprint density at radius 2 is 2.00 bits per heavy atom. The van der Waals surface area contributed by atoms with Crippen LogP contribution in [0.1, 0.15) is 44.7 Å². The minimum atomic E-state index is 0.433. The Kier molecular flexibility index (Phi) is 4.60. The van der Waals surface area contributed by atoms with Crippen LogP contribution < -0.4 is 4.90 Å². The molecule has 17 heavy (non-hydrogen) atoms. The van der Waals surface area contributed by atoms with Crippen molar-refractivity contribution in [2.75, 3.05) is 11.4 Å². The van der Waals surface area contributed by atoms with Crippen LogP contribution in [0.3, 0.4) is 0 Å². The zero-order valence-electron chi connectivity index (χ0n) is 10.4. The molecule has 0 saturated heterocycles. The largest absolute Gasteiger partial charge is 0.353 e. The Morgan fingerprint density at radius 1 is 1.24 bits per heavy atom. The molecular weight excluding hydrogens is 234 g/mol. The molecule has 3 nitrogen and oxygen atoms in total. The summed E-state index contributed by atoms with van der Waals surface area (Å²) in [7, 11) is 0. The molecule has 0 spiro atoms. The summed E-state index contributed by atoms with van der Waals surface area (Å²) in [5, 5.41) is 0. The molecule has 1 saturated carbocycles. The van der Waals surface area contributed by atoms with E-state index in [-0.39, 0.29) is 0 Å². The van der Waals surface area contributed by atoms with E-state index in [1.54, 1.807) is 6.20 Å². The van der Waals surface area contributed by atoms with E-state index in [0.29, 0.717) is 11.9 Å². The van der Waals surface area contributed by atoms with Crippen LogP contribution in [0.25, 0.3) is 0 Å². The fourth-order valence-electron chi connectivity index (χ4n) is 2.57. The van der Waals surface area contributed by atoms with E-state index in [1.807, 2.05) is 6.20 Å². The Morgan fingerprint density at radius 3 is 2.53 bits per heavy atom. The monoisotopic (exact) mass is 253 g/mol. The third kappa shape index (κ3) is 3.09. The molecule has 0 bridgehead atoms. The first-order valence-electron chi connectivity index (χ1n) is 6.48. The molecular formula is C13H20ClN3. The molecule has 0 radical (unpaired) electrons. The lowest BCUT2D eigenvalue weighted by Gasteiger charge is -2.34. The number of hydrogen-bond donors (Lipinski definition) is 0. The molecule has 4 heteroatoms. The molecule has 94 valence electrons.